The lowest BCUT2D eigenvalue weighted by Crippen LogP contribution is -2.11. The third-order valence-corrected chi connectivity index (χ3v) is 3.43. The van der Waals surface area contributed by atoms with Crippen LogP contribution in [0.4, 0.5) is 10.8 Å². The first-order valence-electron chi connectivity index (χ1n) is 4.73. The number of benzene rings is 1. The highest BCUT2D eigenvalue weighted by molar-refractivity contribution is 9.11. The topological polar surface area (TPSA) is 85.1 Å². The lowest BCUT2D eigenvalue weighted by Gasteiger charge is -2.00. The van der Waals surface area contributed by atoms with E-state index in [9.17, 15) is 14.9 Å². The molecule has 8 heteroatoms. The zero-order valence-corrected chi connectivity index (χ0v) is 11.2. The molecule has 92 valence electrons. The van der Waals surface area contributed by atoms with Crippen molar-refractivity contribution in [2.75, 3.05) is 5.32 Å². The second-order valence-corrected chi connectivity index (χ2v) is 5.64. The predicted octanol–water partition coefficient (Wildman–Crippen LogP) is 3.07. The Hall–Kier alpha value is -1.80. The minimum atomic E-state index is -0.514. The van der Waals surface area contributed by atoms with E-state index in [4.69, 9.17) is 0 Å². The fourth-order valence-corrected chi connectivity index (χ4v) is 2.32. The Morgan fingerprint density at radius 2 is 2.06 bits per heavy atom. The molecule has 2 rings (SSSR count). The van der Waals surface area contributed by atoms with E-state index in [1.165, 1.54) is 35.6 Å². The summed E-state index contributed by atoms with van der Waals surface area (Å²) in [6, 6.07) is 5.37. The number of carbonyl (C=O) groups excluding carboxylic acids is 1. The molecule has 0 aliphatic heterocycles. The van der Waals surface area contributed by atoms with Crippen LogP contribution in [0.25, 0.3) is 0 Å². The molecular formula is C10H6BrN3O3S. The van der Waals surface area contributed by atoms with E-state index in [0.717, 1.165) is 3.79 Å². The van der Waals surface area contributed by atoms with Crippen molar-refractivity contribution in [2.24, 2.45) is 0 Å². The highest BCUT2D eigenvalue weighted by atomic mass is 79.9. The Morgan fingerprint density at radius 1 is 1.39 bits per heavy atom. The molecule has 6 nitrogen and oxygen atoms in total. The summed E-state index contributed by atoms with van der Waals surface area (Å²) in [5, 5.41) is 13.5. The van der Waals surface area contributed by atoms with E-state index < -0.39 is 4.92 Å². The van der Waals surface area contributed by atoms with Crippen molar-refractivity contribution in [1.29, 1.82) is 0 Å². The number of nitrogens with zero attached hydrogens (tertiary/aromatic N) is 2. The van der Waals surface area contributed by atoms with Gasteiger partial charge in [-0.1, -0.05) is 11.3 Å². The van der Waals surface area contributed by atoms with Crippen LogP contribution in [-0.2, 0) is 0 Å². The number of nitrogens with one attached hydrogen (secondary N) is 1. The molecule has 1 aromatic carbocycles. The highest BCUT2D eigenvalue weighted by Crippen LogP contribution is 2.23. The first kappa shape index (κ1) is 12.7. The number of aromatic nitrogens is 1. The fourth-order valence-electron chi connectivity index (χ4n) is 1.22. The van der Waals surface area contributed by atoms with Crippen LogP contribution < -0.4 is 5.32 Å². The monoisotopic (exact) mass is 327 g/mol. The minimum Gasteiger partial charge on any atom is -0.298 e. The molecule has 2 aromatic rings. The van der Waals surface area contributed by atoms with Gasteiger partial charge >= 0.3 is 0 Å². The molecule has 1 heterocycles. The molecule has 1 N–H and O–H groups in total. The third kappa shape index (κ3) is 2.90. The van der Waals surface area contributed by atoms with E-state index in [2.05, 4.69) is 26.2 Å². The molecule has 0 saturated heterocycles. The van der Waals surface area contributed by atoms with Crippen LogP contribution in [0.3, 0.4) is 0 Å². The van der Waals surface area contributed by atoms with Gasteiger partial charge < -0.3 is 0 Å². The van der Waals surface area contributed by atoms with Crippen molar-refractivity contribution in [3.8, 4) is 0 Å². The van der Waals surface area contributed by atoms with E-state index in [1.54, 1.807) is 6.20 Å². The van der Waals surface area contributed by atoms with Gasteiger partial charge in [-0.25, -0.2) is 4.98 Å². The maximum Gasteiger partial charge on any atom is 0.269 e. The van der Waals surface area contributed by atoms with Crippen molar-refractivity contribution in [3.63, 3.8) is 0 Å². The smallest absolute Gasteiger partial charge is 0.269 e. The summed E-state index contributed by atoms with van der Waals surface area (Å²) >= 11 is 4.52. The normalized spacial score (nSPS) is 10.1. The Kier molecular flexibility index (Phi) is 3.68. The minimum absolute atomic E-state index is 0.0523. The number of nitro groups is 1. The Bertz CT molecular complexity index is 597. The van der Waals surface area contributed by atoms with Crippen molar-refractivity contribution in [3.05, 3.63) is 49.9 Å². The first-order chi connectivity index (χ1) is 8.56. The molecule has 0 atom stereocenters. The summed E-state index contributed by atoms with van der Waals surface area (Å²) in [4.78, 5) is 25.7. The number of non-ortho nitro benzene ring substituents is 1. The number of nitro benzene ring substituents is 1. The molecule has 0 bridgehead atoms. The van der Waals surface area contributed by atoms with Crippen molar-refractivity contribution in [2.45, 2.75) is 0 Å². The third-order valence-electron chi connectivity index (χ3n) is 2.04. The zero-order valence-electron chi connectivity index (χ0n) is 8.79. The molecule has 0 fully saturated rings. The molecule has 0 spiro atoms. The average molecular weight is 328 g/mol. The van der Waals surface area contributed by atoms with Gasteiger partial charge in [-0.2, -0.15) is 0 Å². The highest BCUT2D eigenvalue weighted by Gasteiger charge is 2.11. The Balaban J connectivity index is 2.11. The van der Waals surface area contributed by atoms with E-state index in [0.29, 0.717) is 10.7 Å². The van der Waals surface area contributed by atoms with Gasteiger partial charge in [0.25, 0.3) is 11.6 Å². The standard InChI is InChI=1S/C10H6BrN3O3S/c11-8-5-12-10(18-8)13-9(15)6-1-3-7(4-2-6)14(16)17/h1-5H,(H,12,13,15). The van der Waals surface area contributed by atoms with Gasteiger partial charge in [-0.15, -0.1) is 0 Å². The van der Waals surface area contributed by atoms with E-state index >= 15 is 0 Å². The number of anilines is 1. The predicted molar refractivity (Wildman–Crippen MR) is 70.9 cm³/mol. The zero-order chi connectivity index (χ0) is 13.1. The van der Waals surface area contributed by atoms with Gasteiger partial charge in [0.05, 0.1) is 14.9 Å². The van der Waals surface area contributed by atoms with Crippen molar-refractivity contribution >= 4 is 44.0 Å². The quantitative estimate of drug-likeness (QED) is 0.693. The largest absolute Gasteiger partial charge is 0.298 e. The molecule has 0 saturated carbocycles. The number of thiazole rings is 1. The van der Waals surface area contributed by atoms with E-state index in [-0.39, 0.29) is 11.6 Å². The van der Waals surface area contributed by atoms with Gasteiger partial charge in [0.15, 0.2) is 5.13 Å². The van der Waals surface area contributed by atoms with Crippen LogP contribution in [-0.4, -0.2) is 15.8 Å². The molecule has 0 radical (unpaired) electrons. The maximum absolute atomic E-state index is 11.8. The number of amides is 1. The second-order valence-electron chi connectivity index (χ2n) is 3.23. The van der Waals surface area contributed by atoms with Gasteiger partial charge in [0.1, 0.15) is 0 Å². The number of hydrogen-bond donors (Lipinski definition) is 1. The maximum atomic E-state index is 11.8. The van der Waals surface area contributed by atoms with Crippen LogP contribution in [0.15, 0.2) is 34.2 Å². The number of carbonyl (C=O) groups is 1. The lowest BCUT2D eigenvalue weighted by molar-refractivity contribution is -0.384. The number of halogens is 1. The average Bonchev–Trinajstić information content (AvgIpc) is 2.75. The van der Waals surface area contributed by atoms with Crippen LogP contribution in [0.1, 0.15) is 10.4 Å². The van der Waals surface area contributed by atoms with E-state index in [1.807, 2.05) is 0 Å². The van der Waals surface area contributed by atoms with Crippen LogP contribution >= 0.6 is 27.3 Å². The molecule has 0 aliphatic carbocycles. The van der Waals surface area contributed by atoms with Crippen molar-refractivity contribution in [1.82, 2.24) is 4.98 Å². The number of rotatable bonds is 3. The Morgan fingerprint density at radius 3 is 2.56 bits per heavy atom. The number of hydrogen-bond acceptors (Lipinski definition) is 5. The SMILES string of the molecule is O=C(Nc1ncc(Br)s1)c1ccc([N+](=O)[O-])cc1. The summed E-state index contributed by atoms with van der Waals surface area (Å²) in [5.41, 5.74) is 0.287. The summed E-state index contributed by atoms with van der Waals surface area (Å²) < 4.78 is 0.807. The van der Waals surface area contributed by atoms with Crippen molar-refractivity contribution < 1.29 is 9.72 Å². The fraction of sp³-hybridized carbons (Fsp3) is 0. The van der Waals surface area contributed by atoms with Gasteiger partial charge in [-0.3, -0.25) is 20.2 Å². The first-order valence-corrected chi connectivity index (χ1v) is 6.34. The van der Waals surface area contributed by atoms with Crippen LogP contribution in [0, 0.1) is 10.1 Å². The summed E-state index contributed by atoms with van der Waals surface area (Å²) in [6.45, 7) is 0. The summed E-state index contributed by atoms with van der Waals surface area (Å²) in [7, 11) is 0. The lowest BCUT2D eigenvalue weighted by atomic mass is 10.2. The molecule has 18 heavy (non-hydrogen) atoms. The molecule has 0 aliphatic rings. The molecular weight excluding hydrogens is 322 g/mol. The van der Waals surface area contributed by atoms with Gasteiger partial charge in [-0.05, 0) is 28.1 Å². The van der Waals surface area contributed by atoms with Crippen LogP contribution in [0.5, 0.6) is 0 Å². The summed E-state index contributed by atoms with van der Waals surface area (Å²) in [6.07, 6.45) is 1.58. The van der Waals surface area contributed by atoms with Gasteiger partial charge in [0, 0.05) is 17.7 Å². The summed E-state index contributed by atoms with van der Waals surface area (Å²) in [5.74, 6) is -0.355. The molecule has 1 amide bonds. The van der Waals surface area contributed by atoms with Crippen LogP contribution in [0.2, 0.25) is 0 Å². The second kappa shape index (κ2) is 5.23. The molecule has 0 unspecified atom stereocenters. The van der Waals surface area contributed by atoms with Gasteiger partial charge in [0.2, 0.25) is 0 Å². The molecule has 1 aromatic heterocycles. The Labute approximate surface area is 114 Å².